The van der Waals surface area contributed by atoms with Gasteiger partial charge in [0.25, 0.3) is 10.2 Å². The molecule has 1 unspecified atom stereocenters. The van der Waals surface area contributed by atoms with Crippen molar-refractivity contribution < 1.29 is 8.42 Å². The first-order valence-corrected chi connectivity index (χ1v) is 7.22. The third-order valence-electron chi connectivity index (χ3n) is 2.50. The van der Waals surface area contributed by atoms with Crippen molar-refractivity contribution in [2.75, 3.05) is 19.6 Å². The highest BCUT2D eigenvalue weighted by Crippen LogP contribution is 2.14. The van der Waals surface area contributed by atoms with E-state index in [1.54, 1.807) is 4.31 Å². The molecule has 96 valence electrons. The second-order valence-corrected chi connectivity index (χ2v) is 6.83. The van der Waals surface area contributed by atoms with Crippen molar-refractivity contribution in [3.05, 3.63) is 0 Å². The van der Waals surface area contributed by atoms with Crippen LogP contribution < -0.4 is 10.0 Å². The average Bonchev–Trinajstić information content (AvgIpc) is 2.52. The monoisotopic (exact) mass is 249 g/mol. The lowest BCUT2D eigenvalue weighted by molar-refractivity contribution is 0.333. The molecule has 1 aliphatic rings. The molecule has 0 aromatic carbocycles. The van der Waals surface area contributed by atoms with Gasteiger partial charge in [-0.05, 0) is 33.7 Å². The summed E-state index contributed by atoms with van der Waals surface area (Å²) in [7, 11) is -3.37. The van der Waals surface area contributed by atoms with Crippen LogP contribution in [0.4, 0.5) is 0 Å². The van der Waals surface area contributed by atoms with Crippen molar-refractivity contribution in [3.8, 4) is 0 Å². The molecule has 0 aromatic rings. The molecule has 1 saturated heterocycles. The van der Waals surface area contributed by atoms with Crippen molar-refractivity contribution in [1.82, 2.24) is 14.3 Å². The van der Waals surface area contributed by atoms with Crippen LogP contribution in [-0.2, 0) is 10.2 Å². The first kappa shape index (κ1) is 13.9. The summed E-state index contributed by atoms with van der Waals surface area (Å²) in [5.74, 6) is 0. The van der Waals surface area contributed by atoms with Crippen LogP contribution in [0.25, 0.3) is 0 Å². The van der Waals surface area contributed by atoms with Gasteiger partial charge in [0, 0.05) is 24.7 Å². The Balaban J connectivity index is 2.78. The van der Waals surface area contributed by atoms with Crippen molar-refractivity contribution >= 4 is 10.2 Å². The van der Waals surface area contributed by atoms with E-state index in [1.165, 1.54) is 0 Å². The standard InChI is InChI=1S/C10H23N3O2S/c1-5-13(9-6-7-11-8-9)16(14,15)12-10(2,3)4/h9,11-12H,5-8H2,1-4H3. The summed E-state index contributed by atoms with van der Waals surface area (Å²) in [5.41, 5.74) is -0.432. The fraction of sp³-hybridized carbons (Fsp3) is 1.00. The summed E-state index contributed by atoms with van der Waals surface area (Å²) in [6.45, 7) is 9.59. The summed E-state index contributed by atoms with van der Waals surface area (Å²) < 4.78 is 28.6. The van der Waals surface area contributed by atoms with E-state index in [9.17, 15) is 8.42 Å². The van der Waals surface area contributed by atoms with Crippen LogP contribution >= 0.6 is 0 Å². The molecule has 0 bridgehead atoms. The normalized spacial score (nSPS) is 22.9. The third-order valence-corrected chi connectivity index (χ3v) is 4.54. The quantitative estimate of drug-likeness (QED) is 0.753. The summed E-state index contributed by atoms with van der Waals surface area (Å²) in [4.78, 5) is 0. The highest BCUT2D eigenvalue weighted by Gasteiger charge is 2.32. The van der Waals surface area contributed by atoms with Crippen LogP contribution in [0.15, 0.2) is 0 Å². The Morgan fingerprint density at radius 3 is 2.44 bits per heavy atom. The van der Waals surface area contributed by atoms with Gasteiger partial charge in [0.2, 0.25) is 0 Å². The first-order valence-electron chi connectivity index (χ1n) is 5.78. The number of rotatable bonds is 4. The van der Waals surface area contributed by atoms with E-state index < -0.39 is 15.7 Å². The molecule has 0 spiro atoms. The van der Waals surface area contributed by atoms with Gasteiger partial charge < -0.3 is 5.32 Å². The van der Waals surface area contributed by atoms with Crippen LogP contribution in [0.5, 0.6) is 0 Å². The SMILES string of the molecule is CCN(C1CCNC1)S(=O)(=O)NC(C)(C)C. The molecule has 0 amide bonds. The van der Waals surface area contributed by atoms with Gasteiger partial charge in [-0.15, -0.1) is 0 Å². The molecule has 2 N–H and O–H groups in total. The average molecular weight is 249 g/mol. The smallest absolute Gasteiger partial charge is 0.280 e. The minimum Gasteiger partial charge on any atom is -0.315 e. The Hall–Kier alpha value is -0.170. The summed E-state index contributed by atoms with van der Waals surface area (Å²) in [6.07, 6.45) is 0.888. The Bertz CT molecular complexity index is 315. The molecular formula is C10H23N3O2S. The van der Waals surface area contributed by atoms with Gasteiger partial charge in [0.05, 0.1) is 0 Å². The number of likely N-dealkylation sites (N-methyl/N-ethyl adjacent to an activating group) is 1. The number of nitrogens with one attached hydrogen (secondary N) is 2. The van der Waals surface area contributed by atoms with E-state index in [4.69, 9.17) is 0 Å². The Morgan fingerprint density at radius 1 is 1.44 bits per heavy atom. The van der Waals surface area contributed by atoms with Crippen molar-refractivity contribution in [1.29, 1.82) is 0 Å². The fourth-order valence-electron chi connectivity index (χ4n) is 1.96. The van der Waals surface area contributed by atoms with Crippen LogP contribution in [-0.4, -0.2) is 43.9 Å². The van der Waals surface area contributed by atoms with E-state index in [1.807, 2.05) is 27.7 Å². The molecule has 1 atom stereocenters. The second kappa shape index (κ2) is 5.00. The maximum atomic E-state index is 12.2. The molecule has 16 heavy (non-hydrogen) atoms. The minimum atomic E-state index is -3.37. The molecule has 0 aromatic heterocycles. The second-order valence-electron chi connectivity index (χ2n) is 5.21. The first-order chi connectivity index (χ1) is 7.26. The van der Waals surface area contributed by atoms with E-state index in [-0.39, 0.29) is 6.04 Å². The lowest BCUT2D eigenvalue weighted by Gasteiger charge is -2.30. The molecule has 0 radical (unpaired) electrons. The van der Waals surface area contributed by atoms with E-state index in [0.29, 0.717) is 6.54 Å². The van der Waals surface area contributed by atoms with Gasteiger partial charge in [-0.1, -0.05) is 6.92 Å². The molecule has 1 rings (SSSR count). The number of hydrogen-bond acceptors (Lipinski definition) is 3. The van der Waals surface area contributed by atoms with E-state index in [2.05, 4.69) is 10.0 Å². The summed E-state index contributed by atoms with van der Waals surface area (Å²) >= 11 is 0. The van der Waals surface area contributed by atoms with Gasteiger partial charge in [0.1, 0.15) is 0 Å². The number of nitrogens with zero attached hydrogens (tertiary/aromatic N) is 1. The van der Waals surface area contributed by atoms with Crippen LogP contribution in [0.3, 0.4) is 0 Å². The van der Waals surface area contributed by atoms with E-state index >= 15 is 0 Å². The topological polar surface area (TPSA) is 61.4 Å². The molecule has 1 heterocycles. The predicted octanol–water partition coefficient (Wildman–Crippen LogP) is 0.303. The lowest BCUT2D eigenvalue weighted by Crippen LogP contribution is -2.52. The molecule has 5 nitrogen and oxygen atoms in total. The van der Waals surface area contributed by atoms with Gasteiger partial charge >= 0.3 is 0 Å². The molecular weight excluding hydrogens is 226 g/mol. The van der Waals surface area contributed by atoms with Crippen molar-refractivity contribution in [2.24, 2.45) is 0 Å². The minimum absolute atomic E-state index is 0.0878. The molecule has 1 fully saturated rings. The van der Waals surface area contributed by atoms with Crippen molar-refractivity contribution in [2.45, 2.75) is 45.7 Å². The summed E-state index contributed by atoms with van der Waals surface area (Å²) in [5, 5.41) is 3.19. The van der Waals surface area contributed by atoms with E-state index in [0.717, 1.165) is 19.5 Å². The van der Waals surface area contributed by atoms with Crippen molar-refractivity contribution in [3.63, 3.8) is 0 Å². The largest absolute Gasteiger partial charge is 0.315 e. The zero-order valence-electron chi connectivity index (χ0n) is 10.6. The fourth-order valence-corrected chi connectivity index (χ4v) is 3.76. The highest BCUT2D eigenvalue weighted by atomic mass is 32.2. The van der Waals surface area contributed by atoms with Crippen LogP contribution in [0, 0.1) is 0 Å². The maximum Gasteiger partial charge on any atom is 0.280 e. The Kier molecular flexibility index (Phi) is 4.34. The van der Waals surface area contributed by atoms with Gasteiger partial charge in [-0.3, -0.25) is 0 Å². The molecule has 0 aliphatic carbocycles. The molecule has 0 saturated carbocycles. The van der Waals surface area contributed by atoms with Crippen LogP contribution in [0.1, 0.15) is 34.1 Å². The van der Waals surface area contributed by atoms with Gasteiger partial charge in [0.15, 0.2) is 0 Å². The lowest BCUT2D eigenvalue weighted by atomic mass is 10.1. The van der Waals surface area contributed by atoms with Crippen LogP contribution in [0.2, 0.25) is 0 Å². The zero-order chi connectivity index (χ0) is 12.4. The van der Waals surface area contributed by atoms with Gasteiger partial charge in [-0.25, -0.2) is 0 Å². The predicted molar refractivity (Wildman–Crippen MR) is 65.5 cm³/mol. The summed E-state index contributed by atoms with van der Waals surface area (Å²) in [6, 6.07) is 0.0878. The zero-order valence-corrected chi connectivity index (χ0v) is 11.4. The third kappa shape index (κ3) is 3.69. The highest BCUT2D eigenvalue weighted by molar-refractivity contribution is 7.87. The molecule has 1 aliphatic heterocycles. The number of hydrogen-bond donors (Lipinski definition) is 2. The van der Waals surface area contributed by atoms with Gasteiger partial charge in [-0.2, -0.15) is 17.4 Å². The molecule has 6 heteroatoms. The maximum absolute atomic E-state index is 12.2. The Morgan fingerprint density at radius 2 is 2.06 bits per heavy atom. The Labute approximate surface area is 98.8 Å².